The third kappa shape index (κ3) is 4.78. The van der Waals surface area contributed by atoms with Gasteiger partial charge >= 0.3 is 11.9 Å². The fourth-order valence-corrected chi connectivity index (χ4v) is 2.92. The molecule has 0 saturated heterocycles. The highest BCUT2D eigenvalue weighted by molar-refractivity contribution is 5.88. The Kier molecular flexibility index (Phi) is 6.06. The molecule has 1 unspecified atom stereocenters. The third-order valence-electron chi connectivity index (χ3n) is 4.41. The normalized spacial score (nSPS) is 11.7. The van der Waals surface area contributed by atoms with E-state index in [-0.39, 0.29) is 5.56 Å². The Hall–Kier alpha value is -3.81. The predicted molar refractivity (Wildman–Crippen MR) is 107 cm³/mol. The van der Waals surface area contributed by atoms with Crippen molar-refractivity contribution in [1.29, 1.82) is 0 Å². The van der Waals surface area contributed by atoms with E-state index in [1.165, 1.54) is 12.1 Å². The van der Waals surface area contributed by atoms with Gasteiger partial charge in [0.25, 0.3) is 0 Å². The monoisotopic (exact) mass is 411 g/mol. The van der Waals surface area contributed by atoms with Gasteiger partial charge in [0.15, 0.2) is 6.61 Å². The average molecular weight is 411 g/mol. The Morgan fingerprint density at radius 3 is 2.40 bits per heavy atom. The summed E-state index contributed by atoms with van der Waals surface area (Å²) in [5.41, 5.74) is 2.22. The van der Waals surface area contributed by atoms with Gasteiger partial charge in [-0.25, -0.2) is 14.6 Å². The van der Waals surface area contributed by atoms with E-state index in [9.17, 15) is 9.59 Å². The molecule has 2 aromatic carbocycles. The maximum Gasteiger partial charge on any atom is 0.341 e. The van der Waals surface area contributed by atoms with Gasteiger partial charge in [-0.2, -0.15) is 0 Å². The zero-order chi connectivity index (χ0) is 21.8. The van der Waals surface area contributed by atoms with Gasteiger partial charge in [-0.3, -0.25) is 0 Å². The summed E-state index contributed by atoms with van der Waals surface area (Å²) in [5.74, 6) is -0.0123. The first-order chi connectivity index (χ1) is 14.2. The van der Waals surface area contributed by atoms with E-state index in [2.05, 4.69) is 4.98 Å². The van der Waals surface area contributed by atoms with E-state index in [0.717, 1.165) is 5.56 Å². The molecule has 0 saturated carbocycles. The van der Waals surface area contributed by atoms with Crippen molar-refractivity contribution in [2.75, 3.05) is 6.61 Å². The number of aromatic nitrogens is 1. The maximum absolute atomic E-state index is 11.0. The van der Waals surface area contributed by atoms with Crippen LogP contribution in [0.25, 0.3) is 11.5 Å². The predicted octanol–water partition coefficient (Wildman–Crippen LogP) is 4.26. The van der Waals surface area contributed by atoms with Crippen molar-refractivity contribution >= 4 is 11.9 Å². The molecule has 8 nitrogen and oxygen atoms in total. The van der Waals surface area contributed by atoms with Crippen molar-refractivity contribution in [3.63, 3.8) is 0 Å². The van der Waals surface area contributed by atoms with E-state index < -0.39 is 24.6 Å². The minimum absolute atomic E-state index is 0.185. The van der Waals surface area contributed by atoms with Gasteiger partial charge in [-0.15, -0.1) is 0 Å². The van der Waals surface area contributed by atoms with Crippen LogP contribution in [0.2, 0.25) is 0 Å². The summed E-state index contributed by atoms with van der Waals surface area (Å²) < 4.78 is 16.9. The number of oxazole rings is 1. The minimum Gasteiger partial charge on any atom is -0.484 e. The van der Waals surface area contributed by atoms with Gasteiger partial charge < -0.3 is 24.1 Å². The lowest BCUT2D eigenvalue weighted by Gasteiger charge is -2.15. The second-order valence-corrected chi connectivity index (χ2v) is 6.71. The molecule has 0 aliphatic heterocycles. The molecule has 1 aromatic heterocycles. The molecule has 30 heavy (non-hydrogen) atoms. The van der Waals surface area contributed by atoms with Gasteiger partial charge in [0.1, 0.15) is 29.1 Å². The number of aryl methyl sites for hydroxylation is 2. The quantitative estimate of drug-likeness (QED) is 0.564. The first kappa shape index (κ1) is 20.9. The molecule has 0 aliphatic rings. The van der Waals surface area contributed by atoms with E-state index in [0.29, 0.717) is 34.4 Å². The summed E-state index contributed by atoms with van der Waals surface area (Å²) in [7, 11) is 0. The molecule has 3 rings (SSSR count). The van der Waals surface area contributed by atoms with Crippen molar-refractivity contribution < 1.29 is 33.7 Å². The summed E-state index contributed by atoms with van der Waals surface area (Å²) in [6.45, 7) is 5.01. The number of rotatable bonds is 8. The summed E-state index contributed by atoms with van der Waals surface area (Å²) in [6, 6.07) is 11.4. The molecule has 2 N–H and O–H groups in total. The number of aromatic carboxylic acids is 1. The number of ether oxygens (including phenoxy) is 2. The van der Waals surface area contributed by atoms with Crippen LogP contribution in [0.4, 0.5) is 0 Å². The Balaban J connectivity index is 1.74. The van der Waals surface area contributed by atoms with Crippen LogP contribution in [0.15, 0.2) is 46.9 Å². The largest absolute Gasteiger partial charge is 0.484 e. The van der Waals surface area contributed by atoms with Crippen LogP contribution in [0.5, 0.6) is 11.5 Å². The summed E-state index contributed by atoms with van der Waals surface area (Å²) >= 11 is 0. The van der Waals surface area contributed by atoms with Crippen LogP contribution in [-0.2, 0) is 4.79 Å². The second-order valence-electron chi connectivity index (χ2n) is 6.71. The van der Waals surface area contributed by atoms with Crippen LogP contribution >= 0.6 is 0 Å². The van der Waals surface area contributed by atoms with Crippen molar-refractivity contribution in [2.45, 2.75) is 26.9 Å². The summed E-state index contributed by atoms with van der Waals surface area (Å²) in [4.78, 5) is 26.1. The van der Waals surface area contributed by atoms with E-state index in [1.807, 2.05) is 6.92 Å². The van der Waals surface area contributed by atoms with Crippen molar-refractivity contribution in [3.8, 4) is 23.0 Å². The first-order valence-electron chi connectivity index (χ1n) is 9.17. The fraction of sp³-hybridized carbons (Fsp3) is 0.227. The number of benzene rings is 2. The lowest BCUT2D eigenvalue weighted by molar-refractivity contribution is -0.139. The highest BCUT2D eigenvalue weighted by Crippen LogP contribution is 2.30. The van der Waals surface area contributed by atoms with Crippen molar-refractivity contribution in [3.05, 3.63) is 65.0 Å². The van der Waals surface area contributed by atoms with Gasteiger partial charge in [0, 0.05) is 5.56 Å². The molecule has 0 fully saturated rings. The molecule has 0 radical (unpaired) electrons. The van der Waals surface area contributed by atoms with Gasteiger partial charge in [0.2, 0.25) is 5.89 Å². The molecule has 0 bridgehead atoms. The fourth-order valence-electron chi connectivity index (χ4n) is 2.92. The molecule has 3 aromatic rings. The number of carbonyl (C=O) groups is 2. The SMILES string of the molecule is Cc1cc(OC(C)c2nc(-c3ccc(C(=O)O)cc3)oc2C)ccc1OCC(=O)O. The number of carboxylic acid groups (broad SMARTS) is 2. The standard InChI is InChI=1S/C22H21NO7/c1-12-10-17(8-9-18(12)28-11-19(24)25)29-13(2)20-14(3)30-21(23-20)15-4-6-16(7-5-15)22(26)27/h4-10,13H,11H2,1-3H3,(H,24,25)(H,26,27). The van der Waals surface area contributed by atoms with Gasteiger partial charge in [-0.05, 0) is 68.8 Å². The zero-order valence-corrected chi connectivity index (χ0v) is 16.7. The highest BCUT2D eigenvalue weighted by Gasteiger charge is 2.19. The molecular formula is C22H21NO7. The molecule has 8 heteroatoms. The number of hydrogen-bond acceptors (Lipinski definition) is 6. The minimum atomic E-state index is -1.04. The van der Waals surface area contributed by atoms with Gasteiger partial charge in [-0.1, -0.05) is 0 Å². The number of aliphatic carboxylic acids is 1. The van der Waals surface area contributed by atoms with E-state index in [4.69, 9.17) is 24.1 Å². The maximum atomic E-state index is 11.0. The van der Waals surface area contributed by atoms with Crippen LogP contribution in [-0.4, -0.2) is 33.7 Å². The average Bonchev–Trinajstić information content (AvgIpc) is 3.09. The Labute approximate surface area is 172 Å². The smallest absolute Gasteiger partial charge is 0.341 e. The van der Waals surface area contributed by atoms with Crippen molar-refractivity contribution in [2.24, 2.45) is 0 Å². The second kappa shape index (κ2) is 8.69. The lowest BCUT2D eigenvalue weighted by atomic mass is 10.1. The topological polar surface area (TPSA) is 119 Å². The molecule has 0 aliphatic carbocycles. The van der Waals surface area contributed by atoms with E-state index >= 15 is 0 Å². The summed E-state index contributed by atoms with van der Waals surface area (Å²) in [6.07, 6.45) is -0.411. The van der Waals surface area contributed by atoms with Crippen LogP contribution in [0, 0.1) is 13.8 Å². The number of hydrogen-bond donors (Lipinski definition) is 2. The highest BCUT2D eigenvalue weighted by atomic mass is 16.5. The van der Waals surface area contributed by atoms with Crippen molar-refractivity contribution in [1.82, 2.24) is 4.98 Å². The molecule has 156 valence electrons. The lowest BCUT2D eigenvalue weighted by Crippen LogP contribution is -2.10. The number of carboxylic acids is 2. The Morgan fingerprint density at radius 1 is 1.10 bits per heavy atom. The summed E-state index contributed by atoms with van der Waals surface area (Å²) in [5, 5.41) is 17.7. The molecular weight excluding hydrogens is 390 g/mol. The van der Waals surface area contributed by atoms with Crippen LogP contribution < -0.4 is 9.47 Å². The first-order valence-corrected chi connectivity index (χ1v) is 9.17. The van der Waals surface area contributed by atoms with Gasteiger partial charge in [0.05, 0.1) is 5.56 Å². The number of nitrogens with zero attached hydrogens (tertiary/aromatic N) is 1. The molecule has 1 atom stereocenters. The Bertz CT molecular complexity index is 1070. The molecule has 1 heterocycles. The molecule has 0 spiro atoms. The van der Waals surface area contributed by atoms with Crippen LogP contribution in [0.1, 0.15) is 40.4 Å². The Morgan fingerprint density at radius 2 is 1.80 bits per heavy atom. The van der Waals surface area contributed by atoms with Crippen LogP contribution in [0.3, 0.4) is 0 Å². The molecule has 0 amide bonds. The van der Waals surface area contributed by atoms with E-state index in [1.54, 1.807) is 44.2 Å². The third-order valence-corrected chi connectivity index (χ3v) is 4.41. The zero-order valence-electron chi connectivity index (χ0n) is 16.7.